The number of benzene rings is 1. The van der Waals surface area contributed by atoms with Crippen molar-refractivity contribution in [3.63, 3.8) is 0 Å². The molecular formula is C21H26N2O3. The van der Waals surface area contributed by atoms with E-state index in [1.54, 1.807) is 17.3 Å². The summed E-state index contributed by atoms with van der Waals surface area (Å²) in [6.45, 7) is 7.30. The van der Waals surface area contributed by atoms with Crippen LogP contribution >= 0.6 is 0 Å². The first-order valence-electron chi connectivity index (χ1n) is 8.99. The van der Waals surface area contributed by atoms with E-state index in [2.05, 4.69) is 23.2 Å². The number of carbonyl (C=O) groups excluding carboxylic acids is 1. The van der Waals surface area contributed by atoms with Crippen LogP contribution in [0.1, 0.15) is 26.3 Å². The van der Waals surface area contributed by atoms with Crippen LogP contribution < -0.4 is 0 Å². The number of morpholine rings is 1. The molecule has 0 N–H and O–H groups in total. The summed E-state index contributed by atoms with van der Waals surface area (Å²) in [5, 5.41) is 0. The van der Waals surface area contributed by atoms with E-state index in [9.17, 15) is 4.79 Å². The maximum Gasteiger partial charge on any atom is 0.410 e. The highest BCUT2D eigenvalue weighted by molar-refractivity contribution is 5.69. The van der Waals surface area contributed by atoms with Crippen molar-refractivity contribution in [3.05, 3.63) is 54.4 Å². The maximum atomic E-state index is 12.5. The van der Waals surface area contributed by atoms with E-state index in [1.807, 2.05) is 39.0 Å². The van der Waals surface area contributed by atoms with Crippen molar-refractivity contribution in [3.8, 4) is 11.1 Å². The molecule has 0 aliphatic carbocycles. The molecule has 1 aromatic heterocycles. The Balaban J connectivity index is 1.75. The smallest absolute Gasteiger partial charge is 0.410 e. The van der Waals surface area contributed by atoms with Crippen molar-refractivity contribution in [2.24, 2.45) is 0 Å². The second kappa shape index (κ2) is 7.87. The molecular weight excluding hydrogens is 328 g/mol. The minimum absolute atomic E-state index is 0.0220. The van der Waals surface area contributed by atoms with Gasteiger partial charge in [-0.05, 0) is 56.0 Å². The first kappa shape index (κ1) is 18.4. The van der Waals surface area contributed by atoms with E-state index in [0.29, 0.717) is 19.8 Å². The van der Waals surface area contributed by atoms with Crippen LogP contribution in [0.3, 0.4) is 0 Å². The van der Waals surface area contributed by atoms with Gasteiger partial charge >= 0.3 is 6.09 Å². The van der Waals surface area contributed by atoms with E-state index in [4.69, 9.17) is 9.47 Å². The number of rotatable bonds is 3. The summed E-state index contributed by atoms with van der Waals surface area (Å²) in [4.78, 5) is 18.4. The fourth-order valence-electron chi connectivity index (χ4n) is 3.08. The van der Waals surface area contributed by atoms with E-state index < -0.39 is 5.60 Å². The Bertz CT molecular complexity index is 740. The molecule has 1 aliphatic rings. The Hall–Kier alpha value is -2.40. The molecule has 0 radical (unpaired) electrons. The van der Waals surface area contributed by atoms with E-state index in [1.165, 1.54) is 5.56 Å². The molecule has 138 valence electrons. The fraction of sp³-hybridized carbons (Fsp3) is 0.429. The number of ether oxygens (including phenoxy) is 2. The zero-order chi connectivity index (χ0) is 18.6. The summed E-state index contributed by atoms with van der Waals surface area (Å²) < 4.78 is 11.2. The molecule has 1 aliphatic heterocycles. The molecule has 0 spiro atoms. The summed E-state index contributed by atoms with van der Waals surface area (Å²) >= 11 is 0. The van der Waals surface area contributed by atoms with Gasteiger partial charge < -0.3 is 14.4 Å². The normalized spacial score (nSPS) is 17.8. The van der Waals surface area contributed by atoms with Gasteiger partial charge in [0.25, 0.3) is 0 Å². The van der Waals surface area contributed by atoms with Crippen molar-refractivity contribution in [2.45, 2.75) is 38.8 Å². The lowest BCUT2D eigenvalue weighted by atomic mass is 9.99. The summed E-state index contributed by atoms with van der Waals surface area (Å²) in [5.41, 5.74) is 2.95. The van der Waals surface area contributed by atoms with Crippen LogP contribution in [0.5, 0.6) is 0 Å². The topological polar surface area (TPSA) is 51.7 Å². The van der Waals surface area contributed by atoms with Crippen molar-refractivity contribution in [1.29, 1.82) is 0 Å². The lowest BCUT2D eigenvalue weighted by Gasteiger charge is -2.36. The number of pyridine rings is 1. The number of carbonyl (C=O) groups is 1. The van der Waals surface area contributed by atoms with Gasteiger partial charge in [-0.25, -0.2) is 4.79 Å². The van der Waals surface area contributed by atoms with Gasteiger partial charge in [-0.1, -0.05) is 24.3 Å². The zero-order valence-electron chi connectivity index (χ0n) is 15.6. The van der Waals surface area contributed by atoms with Gasteiger partial charge in [-0.2, -0.15) is 0 Å². The molecule has 1 aromatic carbocycles. The summed E-state index contributed by atoms with van der Waals surface area (Å²) in [7, 11) is 0. The fourth-order valence-corrected chi connectivity index (χ4v) is 3.08. The van der Waals surface area contributed by atoms with Gasteiger partial charge in [0, 0.05) is 18.9 Å². The average Bonchev–Trinajstić information content (AvgIpc) is 2.62. The summed E-state index contributed by atoms with van der Waals surface area (Å²) in [6.07, 6.45) is 4.05. The van der Waals surface area contributed by atoms with Gasteiger partial charge in [-0.15, -0.1) is 0 Å². The standard InChI is InChI=1S/C21H26N2O3/c1-21(2,3)26-20(24)23-11-12-25-15-19(23)14-16-5-4-6-18(13-16)17-7-9-22-10-8-17/h4-10,13,19H,11-12,14-15H2,1-3H3/t19-/m1/s1. The maximum absolute atomic E-state index is 12.5. The lowest BCUT2D eigenvalue weighted by molar-refractivity contribution is -0.0319. The molecule has 26 heavy (non-hydrogen) atoms. The number of hydrogen-bond acceptors (Lipinski definition) is 4. The molecule has 2 heterocycles. The molecule has 3 rings (SSSR count). The first-order valence-corrected chi connectivity index (χ1v) is 8.99. The number of aromatic nitrogens is 1. The number of nitrogens with zero attached hydrogens (tertiary/aromatic N) is 2. The molecule has 0 saturated carbocycles. The van der Waals surface area contributed by atoms with Crippen LogP contribution in [0.4, 0.5) is 4.79 Å². The van der Waals surface area contributed by atoms with Crippen LogP contribution in [0.2, 0.25) is 0 Å². The van der Waals surface area contributed by atoms with E-state index in [0.717, 1.165) is 17.5 Å². The highest BCUT2D eigenvalue weighted by atomic mass is 16.6. The Labute approximate surface area is 155 Å². The lowest BCUT2D eigenvalue weighted by Crippen LogP contribution is -2.51. The van der Waals surface area contributed by atoms with Gasteiger partial charge in [-0.3, -0.25) is 4.98 Å². The molecule has 1 atom stereocenters. The monoisotopic (exact) mass is 354 g/mol. The van der Waals surface area contributed by atoms with Crippen molar-refractivity contribution in [2.75, 3.05) is 19.8 Å². The molecule has 5 heteroatoms. The average molecular weight is 354 g/mol. The highest BCUT2D eigenvalue weighted by Crippen LogP contribution is 2.22. The second-order valence-corrected chi connectivity index (χ2v) is 7.54. The van der Waals surface area contributed by atoms with Gasteiger partial charge in [0.15, 0.2) is 0 Å². The highest BCUT2D eigenvalue weighted by Gasteiger charge is 2.31. The zero-order valence-corrected chi connectivity index (χ0v) is 15.6. The largest absolute Gasteiger partial charge is 0.444 e. The quantitative estimate of drug-likeness (QED) is 0.838. The Morgan fingerprint density at radius 3 is 2.73 bits per heavy atom. The molecule has 5 nitrogen and oxygen atoms in total. The molecule has 1 amide bonds. The second-order valence-electron chi connectivity index (χ2n) is 7.54. The van der Waals surface area contributed by atoms with Crippen LogP contribution in [0.15, 0.2) is 48.8 Å². The van der Waals surface area contributed by atoms with Crippen LogP contribution in [-0.4, -0.2) is 47.4 Å². The molecule has 0 bridgehead atoms. The first-order chi connectivity index (χ1) is 12.4. The van der Waals surface area contributed by atoms with Crippen molar-refractivity contribution >= 4 is 6.09 Å². The molecule has 1 saturated heterocycles. The molecule has 2 aromatic rings. The molecule has 0 unspecified atom stereocenters. The van der Waals surface area contributed by atoms with Crippen molar-refractivity contribution in [1.82, 2.24) is 9.88 Å². The van der Waals surface area contributed by atoms with Crippen LogP contribution in [-0.2, 0) is 15.9 Å². The number of hydrogen-bond donors (Lipinski definition) is 0. The summed E-state index contributed by atoms with van der Waals surface area (Å²) in [6, 6.07) is 12.4. The molecule has 1 fully saturated rings. The Morgan fingerprint density at radius 1 is 1.23 bits per heavy atom. The van der Waals surface area contributed by atoms with E-state index in [-0.39, 0.29) is 12.1 Å². The van der Waals surface area contributed by atoms with Crippen molar-refractivity contribution < 1.29 is 14.3 Å². The predicted octanol–water partition coefficient (Wildman–Crippen LogP) is 3.93. The van der Waals surface area contributed by atoms with Gasteiger partial charge in [0.2, 0.25) is 0 Å². The minimum Gasteiger partial charge on any atom is -0.444 e. The third-order valence-electron chi connectivity index (χ3n) is 4.27. The third kappa shape index (κ3) is 4.82. The van der Waals surface area contributed by atoms with Gasteiger partial charge in [0.1, 0.15) is 5.60 Å². The summed E-state index contributed by atoms with van der Waals surface area (Å²) in [5.74, 6) is 0. The number of amides is 1. The Morgan fingerprint density at radius 2 is 2.00 bits per heavy atom. The Kier molecular flexibility index (Phi) is 5.57. The third-order valence-corrected chi connectivity index (χ3v) is 4.27. The predicted molar refractivity (Wildman–Crippen MR) is 101 cm³/mol. The van der Waals surface area contributed by atoms with Gasteiger partial charge in [0.05, 0.1) is 19.3 Å². The van der Waals surface area contributed by atoms with Crippen LogP contribution in [0, 0.1) is 0 Å². The van der Waals surface area contributed by atoms with E-state index >= 15 is 0 Å². The minimum atomic E-state index is -0.499. The SMILES string of the molecule is CC(C)(C)OC(=O)N1CCOC[C@H]1Cc1cccc(-c2ccncc2)c1. The van der Waals surface area contributed by atoms with Crippen LogP contribution in [0.25, 0.3) is 11.1 Å².